The van der Waals surface area contributed by atoms with Gasteiger partial charge in [-0.05, 0) is 44.9 Å². The van der Waals surface area contributed by atoms with E-state index in [0.717, 1.165) is 12.8 Å². The molecular weight excluding hydrogens is 358 g/mol. The van der Waals surface area contributed by atoms with Crippen LogP contribution in [-0.2, 0) is 10.0 Å². The van der Waals surface area contributed by atoms with Gasteiger partial charge < -0.3 is 14.6 Å². The minimum absolute atomic E-state index is 0.0513. The van der Waals surface area contributed by atoms with Gasteiger partial charge in [-0.1, -0.05) is 5.16 Å². The number of aryl methyl sites for hydroxylation is 1. The van der Waals surface area contributed by atoms with E-state index in [-0.39, 0.29) is 16.3 Å². The summed E-state index contributed by atoms with van der Waals surface area (Å²) >= 11 is 0. The number of hydrogen-bond acceptors (Lipinski definition) is 6. The van der Waals surface area contributed by atoms with Crippen molar-refractivity contribution in [3.8, 4) is 5.75 Å². The Morgan fingerprint density at radius 2 is 2.04 bits per heavy atom. The van der Waals surface area contributed by atoms with E-state index in [0.29, 0.717) is 31.1 Å². The van der Waals surface area contributed by atoms with Crippen LogP contribution in [0.1, 0.15) is 36.0 Å². The van der Waals surface area contributed by atoms with Gasteiger partial charge >= 0.3 is 0 Å². The van der Waals surface area contributed by atoms with E-state index in [1.165, 1.54) is 16.4 Å². The van der Waals surface area contributed by atoms with E-state index in [1.54, 1.807) is 26.0 Å². The van der Waals surface area contributed by atoms with Crippen molar-refractivity contribution in [1.29, 1.82) is 0 Å². The normalized spacial score (nSPS) is 15.2. The number of aromatic nitrogens is 1. The van der Waals surface area contributed by atoms with E-state index in [9.17, 15) is 13.2 Å². The van der Waals surface area contributed by atoms with Crippen molar-refractivity contribution < 1.29 is 22.5 Å². The number of hydrogen-bond donors (Lipinski definition) is 1. The molecule has 8 nitrogen and oxygen atoms in total. The van der Waals surface area contributed by atoms with Crippen molar-refractivity contribution in [3.63, 3.8) is 0 Å². The predicted octanol–water partition coefficient (Wildman–Crippen LogP) is 2.42. The van der Waals surface area contributed by atoms with Crippen molar-refractivity contribution in [2.24, 2.45) is 0 Å². The van der Waals surface area contributed by atoms with Crippen molar-refractivity contribution in [1.82, 2.24) is 9.46 Å². The summed E-state index contributed by atoms with van der Waals surface area (Å²) in [5.74, 6) is 0.310. The van der Waals surface area contributed by atoms with E-state index in [2.05, 4.69) is 10.5 Å². The van der Waals surface area contributed by atoms with E-state index < -0.39 is 15.9 Å². The van der Waals surface area contributed by atoms with Gasteiger partial charge in [-0.25, -0.2) is 8.42 Å². The lowest BCUT2D eigenvalue weighted by molar-refractivity contribution is 0.101. The summed E-state index contributed by atoms with van der Waals surface area (Å²) < 4.78 is 37.7. The number of nitrogens with zero attached hydrogens (tertiary/aromatic N) is 2. The number of benzene rings is 1. The zero-order valence-corrected chi connectivity index (χ0v) is 15.5. The number of ether oxygens (including phenoxy) is 1. The molecule has 0 unspecified atom stereocenters. The molecule has 0 saturated carbocycles. The quantitative estimate of drug-likeness (QED) is 0.827. The molecule has 2 aromatic rings. The van der Waals surface area contributed by atoms with Gasteiger partial charge in [0.2, 0.25) is 10.0 Å². The van der Waals surface area contributed by atoms with Crippen molar-refractivity contribution >= 4 is 21.6 Å². The molecule has 1 aromatic carbocycles. The zero-order valence-electron chi connectivity index (χ0n) is 14.7. The predicted molar refractivity (Wildman–Crippen MR) is 94.8 cm³/mol. The molecule has 0 spiro atoms. The maximum atomic E-state index is 12.9. The maximum absolute atomic E-state index is 12.9. The fourth-order valence-corrected chi connectivity index (χ4v) is 4.47. The Kier molecular flexibility index (Phi) is 5.28. The van der Waals surface area contributed by atoms with E-state index in [1.807, 2.05) is 0 Å². The number of nitrogens with one attached hydrogen (secondary N) is 1. The van der Waals surface area contributed by atoms with Crippen LogP contribution < -0.4 is 10.1 Å². The lowest BCUT2D eigenvalue weighted by Crippen LogP contribution is -2.28. The van der Waals surface area contributed by atoms with Gasteiger partial charge in [0.25, 0.3) is 5.91 Å². The molecule has 1 N–H and O–H groups in total. The van der Waals surface area contributed by atoms with Gasteiger partial charge in [0, 0.05) is 24.8 Å². The van der Waals surface area contributed by atoms with Crippen molar-refractivity contribution in [2.45, 2.75) is 31.6 Å². The molecule has 1 aliphatic heterocycles. The van der Waals surface area contributed by atoms with Gasteiger partial charge in [0.1, 0.15) is 16.4 Å². The Morgan fingerprint density at radius 3 is 2.65 bits per heavy atom. The molecule has 26 heavy (non-hydrogen) atoms. The molecule has 1 aromatic heterocycles. The first-order valence-corrected chi connectivity index (χ1v) is 9.87. The van der Waals surface area contributed by atoms with Crippen molar-refractivity contribution in [2.75, 3.05) is 25.0 Å². The standard InChI is InChI=1S/C17H21N3O5S/c1-3-24-15-7-6-13(18-17(21)14-10-12(2)25-19-14)11-16(15)26(22,23)20-8-4-5-9-20/h6-7,10-11H,3-5,8-9H2,1-2H3,(H,18,21). The van der Waals surface area contributed by atoms with Gasteiger partial charge in [0.05, 0.1) is 6.61 Å². The molecule has 2 heterocycles. The van der Waals surface area contributed by atoms with Gasteiger partial charge in [-0.15, -0.1) is 0 Å². The summed E-state index contributed by atoms with van der Waals surface area (Å²) in [6.07, 6.45) is 1.68. The Balaban J connectivity index is 1.92. The fraction of sp³-hybridized carbons (Fsp3) is 0.412. The monoisotopic (exact) mass is 379 g/mol. The first kappa shape index (κ1) is 18.4. The van der Waals surface area contributed by atoms with Gasteiger partial charge in [0.15, 0.2) is 5.69 Å². The molecule has 140 valence electrons. The number of anilines is 1. The number of amides is 1. The summed E-state index contributed by atoms with van der Waals surface area (Å²) in [6, 6.07) is 6.07. The molecule has 1 amide bonds. The highest BCUT2D eigenvalue weighted by atomic mass is 32.2. The Bertz CT molecular complexity index is 901. The third-order valence-electron chi connectivity index (χ3n) is 4.04. The highest BCUT2D eigenvalue weighted by Crippen LogP contribution is 2.31. The van der Waals surface area contributed by atoms with Crippen LogP contribution in [0.25, 0.3) is 0 Å². The van der Waals surface area contributed by atoms with Crippen LogP contribution in [0.15, 0.2) is 33.7 Å². The number of carbonyl (C=O) groups excluding carboxylic acids is 1. The molecule has 0 atom stereocenters. The Labute approximate surface area is 152 Å². The first-order chi connectivity index (χ1) is 12.4. The Morgan fingerprint density at radius 1 is 1.31 bits per heavy atom. The number of sulfonamides is 1. The maximum Gasteiger partial charge on any atom is 0.277 e. The van der Waals surface area contributed by atoms with Crippen LogP contribution in [0, 0.1) is 6.92 Å². The molecular formula is C17H21N3O5S. The van der Waals surface area contributed by atoms with E-state index >= 15 is 0 Å². The summed E-state index contributed by atoms with van der Waals surface area (Å²) in [5, 5.41) is 6.30. The Hall–Kier alpha value is -2.39. The molecule has 0 radical (unpaired) electrons. The van der Waals surface area contributed by atoms with Crippen LogP contribution in [0.3, 0.4) is 0 Å². The molecule has 1 aliphatic rings. The largest absolute Gasteiger partial charge is 0.492 e. The SMILES string of the molecule is CCOc1ccc(NC(=O)c2cc(C)on2)cc1S(=O)(=O)N1CCCC1. The third-order valence-corrected chi connectivity index (χ3v) is 5.96. The zero-order chi connectivity index (χ0) is 18.7. The molecule has 1 saturated heterocycles. The average Bonchev–Trinajstić information content (AvgIpc) is 3.28. The van der Waals surface area contributed by atoms with E-state index in [4.69, 9.17) is 9.26 Å². The smallest absolute Gasteiger partial charge is 0.277 e. The average molecular weight is 379 g/mol. The minimum Gasteiger partial charge on any atom is -0.492 e. The summed E-state index contributed by atoms with van der Waals surface area (Å²) in [4.78, 5) is 12.3. The lowest BCUT2D eigenvalue weighted by atomic mass is 10.3. The second kappa shape index (κ2) is 7.46. The van der Waals surface area contributed by atoms with Crippen molar-refractivity contribution in [3.05, 3.63) is 35.7 Å². The minimum atomic E-state index is -3.69. The van der Waals surface area contributed by atoms with Crippen LogP contribution in [0.4, 0.5) is 5.69 Å². The van der Waals surface area contributed by atoms with Crippen LogP contribution in [0.5, 0.6) is 5.75 Å². The summed E-state index contributed by atoms with van der Waals surface area (Å²) in [7, 11) is -3.69. The highest BCUT2D eigenvalue weighted by molar-refractivity contribution is 7.89. The molecule has 3 rings (SSSR count). The topological polar surface area (TPSA) is 102 Å². The molecule has 9 heteroatoms. The highest BCUT2D eigenvalue weighted by Gasteiger charge is 2.30. The first-order valence-electron chi connectivity index (χ1n) is 8.43. The lowest BCUT2D eigenvalue weighted by Gasteiger charge is -2.19. The molecule has 0 bridgehead atoms. The van der Waals surface area contributed by atoms with Gasteiger partial charge in [-0.2, -0.15) is 4.31 Å². The van der Waals surface area contributed by atoms with Crippen LogP contribution in [-0.4, -0.2) is 43.5 Å². The summed E-state index contributed by atoms with van der Waals surface area (Å²) in [5.41, 5.74) is 0.470. The number of carbonyl (C=O) groups is 1. The number of rotatable bonds is 6. The third kappa shape index (κ3) is 3.73. The molecule has 1 fully saturated rings. The van der Waals surface area contributed by atoms with Crippen LogP contribution in [0.2, 0.25) is 0 Å². The van der Waals surface area contributed by atoms with Gasteiger partial charge in [-0.3, -0.25) is 4.79 Å². The summed E-state index contributed by atoms with van der Waals surface area (Å²) in [6.45, 7) is 4.79. The van der Waals surface area contributed by atoms with Crippen LogP contribution >= 0.6 is 0 Å². The molecule has 0 aliphatic carbocycles. The second-order valence-electron chi connectivity index (χ2n) is 5.98. The fourth-order valence-electron chi connectivity index (χ4n) is 2.80. The second-order valence-corrected chi connectivity index (χ2v) is 7.89.